The molecule has 0 spiro atoms. The summed E-state index contributed by atoms with van der Waals surface area (Å²) in [6.45, 7) is 2.03. The number of H-pyrrole nitrogens is 1. The Hall–Kier alpha value is -4.01. The van der Waals surface area contributed by atoms with Gasteiger partial charge in [0, 0.05) is 25.0 Å². The van der Waals surface area contributed by atoms with Crippen molar-refractivity contribution >= 4 is 34.0 Å². The number of nitrogen functional groups attached to an aromatic ring is 1. The van der Waals surface area contributed by atoms with Crippen LogP contribution in [0.1, 0.15) is 18.7 Å². The molecule has 9 nitrogen and oxygen atoms in total. The second-order valence-electron chi connectivity index (χ2n) is 6.86. The minimum atomic E-state index is -0.169. The van der Waals surface area contributed by atoms with Gasteiger partial charge in [-0.15, -0.1) is 0 Å². The highest BCUT2D eigenvalue weighted by molar-refractivity contribution is 5.85. The largest absolute Gasteiger partial charge is 0.368 e. The molecule has 0 bridgehead atoms. The van der Waals surface area contributed by atoms with Gasteiger partial charge < -0.3 is 20.6 Å². The maximum Gasteiger partial charge on any atom is 0.224 e. The van der Waals surface area contributed by atoms with Gasteiger partial charge in [0.1, 0.15) is 5.52 Å². The van der Waals surface area contributed by atoms with Crippen LogP contribution in [0.3, 0.4) is 0 Å². The number of nitrogens with two attached hydrogens (primary N) is 1. The van der Waals surface area contributed by atoms with Gasteiger partial charge in [-0.05, 0) is 31.2 Å². The van der Waals surface area contributed by atoms with Gasteiger partial charge in [-0.3, -0.25) is 4.98 Å². The van der Waals surface area contributed by atoms with Crippen molar-refractivity contribution in [3.63, 3.8) is 0 Å². The molecule has 0 amide bonds. The number of aromatic nitrogens is 7. The molecule has 144 valence electrons. The van der Waals surface area contributed by atoms with E-state index in [4.69, 9.17) is 10.7 Å². The Labute approximate surface area is 166 Å². The number of rotatable bonds is 4. The van der Waals surface area contributed by atoms with Crippen molar-refractivity contribution in [2.24, 2.45) is 7.05 Å². The fourth-order valence-corrected chi connectivity index (χ4v) is 3.48. The topological polar surface area (TPSA) is 123 Å². The van der Waals surface area contributed by atoms with Crippen LogP contribution in [0.2, 0.25) is 0 Å². The number of anilines is 2. The van der Waals surface area contributed by atoms with E-state index in [0.29, 0.717) is 17.0 Å². The van der Waals surface area contributed by atoms with E-state index in [0.717, 1.165) is 28.0 Å². The van der Waals surface area contributed by atoms with E-state index in [1.807, 2.05) is 44.4 Å². The van der Waals surface area contributed by atoms with Gasteiger partial charge in [-0.25, -0.2) is 9.97 Å². The van der Waals surface area contributed by atoms with Crippen LogP contribution in [0.4, 0.5) is 11.8 Å². The summed E-state index contributed by atoms with van der Waals surface area (Å²) in [4.78, 5) is 25.2. The average molecular weight is 385 g/mol. The van der Waals surface area contributed by atoms with Crippen LogP contribution in [0, 0.1) is 0 Å². The number of hydrogen-bond acceptors (Lipinski definition) is 7. The number of pyridine rings is 2. The van der Waals surface area contributed by atoms with Crippen molar-refractivity contribution in [2.75, 3.05) is 11.1 Å². The molecule has 0 aliphatic rings. The van der Waals surface area contributed by atoms with Crippen molar-refractivity contribution in [2.45, 2.75) is 13.0 Å². The maximum atomic E-state index is 5.85. The predicted octanol–water partition coefficient (Wildman–Crippen LogP) is 3.06. The Kier molecular flexibility index (Phi) is 3.87. The monoisotopic (exact) mass is 385 g/mol. The lowest BCUT2D eigenvalue weighted by atomic mass is 10.0. The molecule has 5 rings (SSSR count). The van der Waals surface area contributed by atoms with E-state index < -0.39 is 0 Å². The molecule has 9 heteroatoms. The standard InChI is InChI=1S/C20H19N9/c1-11(25-19-17-18(24-10-23-17)27-20(21)28-19)16-12(13-5-3-4-7-22-13)9-15-14(26-16)6-8-29(15)2/h3-11H,1-2H3,(H4,21,23,24,25,27,28). The lowest BCUT2D eigenvalue weighted by molar-refractivity contribution is 0.841. The number of aryl methyl sites for hydroxylation is 1. The number of nitrogens with zero attached hydrogens (tertiary/aromatic N) is 6. The van der Waals surface area contributed by atoms with Gasteiger partial charge in [-0.1, -0.05) is 6.07 Å². The van der Waals surface area contributed by atoms with Crippen LogP contribution in [-0.2, 0) is 7.05 Å². The van der Waals surface area contributed by atoms with E-state index in [1.165, 1.54) is 0 Å². The molecule has 0 saturated heterocycles. The Morgan fingerprint density at radius 2 is 2.03 bits per heavy atom. The lowest BCUT2D eigenvalue weighted by Gasteiger charge is -2.18. The summed E-state index contributed by atoms with van der Waals surface area (Å²) in [5, 5.41) is 3.41. The second kappa shape index (κ2) is 6.55. The van der Waals surface area contributed by atoms with Gasteiger partial charge in [-0.2, -0.15) is 9.97 Å². The highest BCUT2D eigenvalue weighted by Gasteiger charge is 2.19. The molecular weight excluding hydrogens is 366 g/mol. The molecule has 1 atom stereocenters. The Balaban J connectivity index is 1.64. The van der Waals surface area contributed by atoms with Crippen LogP contribution >= 0.6 is 0 Å². The van der Waals surface area contributed by atoms with E-state index in [-0.39, 0.29) is 12.0 Å². The van der Waals surface area contributed by atoms with Crippen LogP contribution in [0.5, 0.6) is 0 Å². The van der Waals surface area contributed by atoms with Crippen LogP contribution < -0.4 is 11.1 Å². The number of fused-ring (bicyclic) bond motifs is 2. The second-order valence-corrected chi connectivity index (χ2v) is 6.86. The third kappa shape index (κ3) is 2.92. The molecule has 5 aromatic heterocycles. The Bertz CT molecular complexity index is 1320. The molecule has 0 aliphatic heterocycles. The molecule has 0 fully saturated rings. The lowest BCUT2D eigenvalue weighted by Crippen LogP contribution is -2.13. The average Bonchev–Trinajstić information content (AvgIpc) is 3.34. The van der Waals surface area contributed by atoms with Crippen LogP contribution in [0.15, 0.2) is 49.1 Å². The normalized spacial score (nSPS) is 12.5. The first-order valence-electron chi connectivity index (χ1n) is 9.20. The van der Waals surface area contributed by atoms with E-state index in [1.54, 1.807) is 12.5 Å². The van der Waals surface area contributed by atoms with E-state index in [9.17, 15) is 0 Å². The number of hydrogen-bond donors (Lipinski definition) is 3. The summed E-state index contributed by atoms with van der Waals surface area (Å²) in [5.41, 5.74) is 11.7. The molecule has 0 aliphatic carbocycles. The molecular formula is C20H19N9. The summed E-state index contributed by atoms with van der Waals surface area (Å²) < 4.78 is 2.05. The summed E-state index contributed by atoms with van der Waals surface area (Å²) in [5.74, 6) is 0.746. The number of aromatic amines is 1. The summed E-state index contributed by atoms with van der Waals surface area (Å²) >= 11 is 0. The Morgan fingerprint density at radius 1 is 1.14 bits per heavy atom. The summed E-state index contributed by atoms with van der Waals surface area (Å²) in [6.07, 6.45) is 5.36. The van der Waals surface area contributed by atoms with E-state index >= 15 is 0 Å². The van der Waals surface area contributed by atoms with Crippen molar-refractivity contribution in [3.8, 4) is 11.3 Å². The van der Waals surface area contributed by atoms with Crippen LogP contribution in [0.25, 0.3) is 33.5 Å². The number of imidazole rings is 1. The predicted molar refractivity (Wildman–Crippen MR) is 112 cm³/mol. The third-order valence-corrected chi connectivity index (χ3v) is 4.90. The van der Waals surface area contributed by atoms with Gasteiger partial charge in [0.05, 0.1) is 34.8 Å². The van der Waals surface area contributed by atoms with Crippen molar-refractivity contribution in [1.29, 1.82) is 0 Å². The zero-order chi connectivity index (χ0) is 20.0. The minimum absolute atomic E-state index is 0.163. The molecule has 0 saturated carbocycles. The molecule has 29 heavy (non-hydrogen) atoms. The highest BCUT2D eigenvalue weighted by atomic mass is 15.1. The van der Waals surface area contributed by atoms with Crippen LogP contribution in [-0.4, -0.2) is 34.5 Å². The molecule has 1 unspecified atom stereocenters. The third-order valence-electron chi connectivity index (χ3n) is 4.90. The molecule has 5 heterocycles. The SMILES string of the molecule is CC(Nc1nc(N)nc2nc[nH]c12)c1nc2ccn(C)c2cc1-c1ccccn1. The first kappa shape index (κ1) is 17.1. The first-order chi connectivity index (χ1) is 14.1. The molecule has 0 aromatic carbocycles. The van der Waals surface area contributed by atoms with E-state index in [2.05, 4.69) is 40.9 Å². The quantitative estimate of drug-likeness (QED) is 0.434. The molecule has 4 N–H and O–H groups in total. The highest BCUT2D eigenvalue weighted by Crippen LogP contribution is 2.31. The molecule has 0 radical (unpaired) electrons. The summed E-state index contributed by atoms with van der Waals surface area (Å²) in [6, 6.07) is 9.81. The number of nitrogens with one attached hydrogen (secondary N) is 2. The maximum absolute atomic E-state index is 5.85. The molecule has 5 aromatic rings. The first-order valence-corrected chi connectivity index (χ1v) is 9.20. The zero-order valence-corrected chi connectivity index (χ0v) is 16.0. The van der Waals surface area contributed by atoms with Crippen molar-refractivity contribution in [1.82, 2.24) is 34.5 Å². The van der Waals surface area contributed by atoms with Crippen molar-refractivity contribution in [3.05, 3.63) is 54.7 Å². The fourth-order valence-electron chi connectivity index (χ4n) is 3.48. The minimum Gasteiger partial charge on any atom is -0.368 e. The van der Waals surface area contributed by atoms with Gasteiger partial charge >= 0.3 is 0 Å². The fraction of sp³-hybridized carbons (Fsp3) is 0.150. The zero-order valence-electron chi connectivity index (χ0n) is 16.0. The van der Waals surface area contributed by atoms with Gasteiger partial charge in [0.15, 0.2) is 11.5 Å². The van der Waals surface area contributed by atoms with Gasteiger partial charge in [0.25, 0.3) is 0 Å². The summed E-state index contributed by atoms with van der Waals surface area (Å²) in [7, 11) is 2.01. The van der Waals surface area contributed by atoms with Crippen molar-refractivity contribution < 1.29 is 0 Å². The van der Waals surface area contributed by atoms with Gasteiger partial charge in [0.2, 0.25) is 5.95 Å². The smallest absolute Gasteiger partial charge is 0.224 e. The Morgan fingerprint density at radius 3 is 2.86 bits per heavy atom.